The molecule has 0 bridgehead atoms. The van der Waals surface area contributed by atoms with Crippen molar-refractivity contribution in [3.05, 3.63) is 40.0 Å². The highest BCUT2D eigenvalue weighted by Gasteiger charge is 2.14. The Labute approximate surface area is 102 Å². The first-order valence-corrected chi connectivity index (χ1v) is 4.36. The molecule has 6 nitrogen and oxygen atoms in total. The fourth-order valence-corrected chi connectivity index (χ4v) is 1.14. The van der Waals surface area contributed by atoms with Crippen LogP contribution in [-0.4, -0.2) is 17.1 Å². The molecule has 0 aliphatic carbocycles. The van der Waals surface area contributed by atoms with Gasteiger partial charge in [-0.1, -0.05) is 17.2 Å². The minimum atomic E-state index is -1.20. The fourth-order valence-electron chi connectivity index (χ4n) is 1.14. The molecule has 8 heteroatoms. The lowest BCUT2D eigenvalue weighted by Gasteiger charge is -2.07. The minimum absolute atomic E-state index is 0. The quantitative estimate of drug-likeness (QED) is 0.491. The molecule has 92 valence electrons. The molecule has 1 aromatic carbocycles. The maximum atomic E-state index is 13.4. The molecule has 1 rings (SSSR count). The van der Waals surface area contributed by atoms with Gasteiger partial charge in [-0.3, -0.25) is 4.79 Å². The first-order chi connectivity index (χ1) is 7.54. The summed E-state index contributed by atoms with van der Waals surface area (Å²) < 4.78 is 13.4. The van der Waals surface area contributed by atoms with E-state index in [-0.39, 0.29) is 30.1 Å². The number of nitrogens with two attached hydrogens (primary N) is 1. The molecule has 3 N–H and O–H groups in total. The normalized spacial score (nSPS) is 10.9. The van der Waals surface area contributed by atoms with E-state index < -0.39 is 17.8 Å². The van der Waals surface area contributed by atoms with E-state index in [1.54, 1.807) is 0 Å². The Morgan fingerprint density at radius 3 is 2.76 bits per heavy atom. The second-order valence-corrected chi connectivity index (χ2v) is 3.11. The number of aliphatic carboxylic acids is 1. The summed E-state index contributed by atoms with van der Waals surface area (Å²) >= 11 is 0. The largest absolute Gasteiger partial charge is 0.480 e. The Morgan fingerprint density at radius 1 is 1.65 bits per heavy atom. The first kappa shape index (κ1) is 15.2. The zero-order valence-electron chi connectivity index (χ0n) is 8.58. The van der Waals surface area contributed by atoms with Crippen molar-refractivity contribution in [3.63, 3.8) is 0 Å². The zero-order valence-corrected chi connectivity index (χ0v) is 9.39. The van der Waals surface area contributed by atoms with Gasteiger partial charge in [-0.25, -0.2) is 4.39 Å². The molecule has 17 heavy (non-hydrogen) atoms. The fraction of sp³-hybridized carbons (Fsp3) is 0.222. The van der Waals surface area contributed by atoms with Crippen LogP contribution in [0.1, 0.15) is 5.56 Å². The number of carboxylic acid groups (broad SMARTS) is 1. The number of halogens is 2. The minimum Gasteiger partial charge on any atom is -0.480 e. The van der Waals surface area contributed by atoms with Crippen molar-refractivity contribution in [1.29, 1.82) is 0 Å². The van der Waals surface area contributed by atoms with E-state index in [2.05, 4.69) is 10.0 Å². The molecule has 0 saturated heterocycles. The maximum absolute atomic E-state index is 13.4. The summed E-state index contributed by atoms with van der Waals surface area (Å²) in [6, 6.07) is 2.62. The number of carboxylic acids is 1. The lowest BCUT2D eigenvalue weighted by Crippen LogP contribution is -2.32. The zero-order chi connectivity index (χ0) is 12.1. The van der Waals surface area contributed by atoms with Crippen molar-refractivity contribution in [2.75, 3.05) is 0 Å². The molecule has 1 atom stereocenters. The van der Waals surface area contributed by atoms with Gasteiger partial charge in [-0.2, -0.15) is 0 Å². The van der Waals surface area contributed by atoms with Gasteiger partial charge in [0.25, 0.3) is 0 Å². The average molecular weight is 261 g/mol. The van der Waals surface area contributed by atoms with E-state index in [1.165, 1.54) is 12.1 Å². The maximum Gasteiger partial charge on any atom is 0.320 e. The van der Waals surface area contributed by atoms with Crippen LogP contribution >= 0.6 is 12.4 Å². The van der Waals surface area contributed by atoms with Gasteiger partial charge in [-0.15, -0.1) is 12.4 Å². The van der Waals surface area contributed by atoms with Crippen LogP contribution < -0.4 is 5.73 Å². The lowest BCUT2D eigenvalue weighted by atomic mass is 10.1. The van der Waals surface area contributed by atoms with Crippen molar-refractivity contribution in [3.8, 4) is 0 Å². The third-order valence-corrected chi connectivity index (χ3v) is 1.95. The van der Waals surface area contributed by atoms with Crippen LogP contribution in [0.5, 0.6) is 0 Å². The topological polar surface area (TPSA) is 112 Å². The number of nitrogens with zero attached hydrogens (tertiary/aromatic N) is 3. The second kappa shape index (κ2) is 6.70. The predicted octanol–water partition coefficient (Wildman–Crippen LogP) is 2.14. The molecule has 0 fully saturated rings. The number of rotatable bonds is 4. The van der Waals surface area contributed by atoms with E-state index in [4.69, 9.17) is 16.4 Å². The van der Waals surface area contributed by atoms with Gasteiger partial charge >= 0.3 is 5.97 Å². The number of hydrogen-bond donors (Lipinski definition) is 2. The highest BCUT2D eigenvalue weighted by molar-refractivity contribution is 5.85. The molecule has 0 heterocycles. The number of carbonyl (C=O) groups is 1. The summed E-state index contributed by atoms with van der Waals surface area (Å²) in [5.74, 6) is -1.83. The highest BCUT2D eigenvalue weighted by atomic mass is 35.5. The standard InChI is InChI=1S/C9H9FN4O2.ClH/c10-7-4-6(13-14-12)2-1-5(7)3-8(11)9(15)16;/h1-2,4,8H,3,11H2,(H,15,16);1H/t8-;/m0./s1. The van der Waals surface area contributed by atoms with E-state index in [1.807, 2.05) is 0 Å². The lowest BCUT2D eigenvalue weighted by molar-refractivity contribution is -0.138. The van der Waals surface area contributed by atoms with Crippen LogP contribution in [0.25, 0.3) is 10.4 Å². The molecular formula is C9H10ClFN4O2. The Hall–Kier alpha value is -1.82. The van der Waals surface area contributed by atoms with E-state index in [0.717, 1.165) is 6.07 Å². The SMILES string of the molecule is Cl.[N-]=[N+]=Nc1ccc(C[C@H](N)C(=O)O)c(F)c1. The molecule has 0 spiro atoms. The van der Waals surface area contributed by atoms with Crippen molar-refractivity contribution < 1.29 is 14.3 Å². The molecule has 1 aromatic rings. The van der Waals surface area contributed by atoms with E-state index >= 15 is 0 Å². The van der Waals surface area contributed by atoms with Crippen LogP contribution in [0.2, 0.25) is 0 Å². The highest BCUT2D eigenvalue weighted by Crippen LogP contribution is 2.18. The third-order valence-electron chi connectivity index (χ3n) is 1.95. The van der Waals surface area contributed by atoms with Gasteiger partial charge in [0.1, 0.15) is 11.9 Å². The van der Waals surface area contributed by atoms with Crippen LogP contribution in [0.3, 0.4) is 0 Å². The molecule has 0 aromatic heterocycles. The third kappa shape index (κ3) is 4.28. The number of benzene rings is 1. The summed E-state index contributed by atoms with van der Waals surface area (Å²) in [5, 5.41) is 11.8. The van der Waals surface area contributed by atoms with Crippen molar-refractivity contribution >= 4 is 24.1 Å². The van der Waals surface area contributed by atoms with E-state index in [9.17, 15) is 9.18 Å². The smallest absolute Gasteiger partial charge is 0.320 e. The molecule has 0 aliphatic heterocycles. The molecule has 0 unspecified atom stereocenters. The molecular weight excluding hydrogens is 251 g/mol. The Kier molecular flexibility index (Phi) is 5.98. The molecule has 0 aliphatic rings. The second-order valence-electron chi connectivity index (χ2n) is 3.11. The number of azide groups is 1. The Bertz CT molecular complexity index is 462. The van der Waals surface area contributed by atoms with Gasteiger partial charge in [0.15, 0.2) is 0 Å². The van der Waals surface area contributed by atoms with Crippen molar-refractivity contribution in [2.45, 2.75) is 12.5 Å². The molecule has 0 saturated carbocycles. The predicted molar refractivity (Wildman–Crippen MR) is 61.8 cm³/mol. The van der Waals surface area contributed by atoms with Gasteiger partial charge in [0.05, 0.1) is 0 Å². The first-order valence-electron chi connectivity index (χ1n) is 4.36. The summed E-state index contributed by atoms with van der Waals surface area (Å²) in [7, 11) is 0. The van der Waals surface area contributed by atoms with Crippen molar-refractivity contribution in [1.82, 2.24) is 0 Å². The average Bonchev–Trinajstić information content (AvgIpc) is 2.22. The van der Waals surface area contributed by atoms with Gasteiger partial charge in [0.2, 0.25) is 0 Å². The van der Waals surface area contributed by atoms with E-state index in [0.29, 0.717) is 0 Å². The van der Waals surface area contributed by atoms with Gasteiger partial charge in [-0.05, 0) is 17.2 Å². The summed E-state index contributed by atoms with van der Waals surface area (Å²) in [4.78, 5) is 13.0. The monoisotopic (exact) mass is 260 g/mol. The molecule has 0 radical (unpaired) electrons. The molecule has 0 amide bonds. The van der Waals surface area contributed by atoms with Gasteiger partial charge < -0.3 is 10.8 Å². The van der Waals surface area contributed by atoms with Crippen LogP contribution in [0.15, 0.2) is 23.3 Å². The Balaban J connectivity index is 0.00000256. The van der Waals surface area contributed by atoms with Crippen LogP contribution in [-0.2, 0) is 11.2 Å². The summed E-state index contributed by atoms with van der Waals surface area (Å²) in [6.07, 6.45) is -0.113. The van der Waals surface area contributed by atoms with Crippen LogP contribution in [0, 0.1) is 5.82 Å². The van der Waals surface area contributed by atoms with Gasteiger partial charge in [0, 0.05) is 17.0 Å². The van der Waals surface area contributed by atoms with Crippen LogP contribution in [0.4, 0.5) is 10.1 Å². The number of hydrogen-bond acceptors (Lipinski definition) is 3. The summed E-state index contributed by atoms with van der Waals surface area (Å²) in [6.45, 7) is 0. The van der Waals surface area contributed by atoms with Crippen molar-refractivity contribution in [2.24, 2.45) is 10.8 Å². The Morgan fingerprint density at radius 2 is 2.29 bits per heavy atom. The summed E-state index contributed by atoms with van der Waals surface area (Å²) in [5.41, 5.74) is 13.7.